The topological polar surface area (TPSA) is 52.9 Å². The average molecular weight is 485 g/mol. The highest BCUT2D eigenvalue weighted by Gasteiger charge is 2.57. The first-order chi connectivity index (χ1) is 17.1. The highest BCUT2D eigenvalue weighted by Crippen LogP contribution is 2.65. The fourth-order valence-electron chi connectivity index (χ4n) is 7.82. The lowest BCUT2D eigenvalue weighted by Gasteiger charge is -2.39. The number of hydrogen-bond acceptors (Lipinski definition) is 4. The number of carbonyl (C=O) groups is 1. The number of amidine groups is 1. The van der Waals surface area contributed by atoms with E-state index in [-0.39, 0.29) is 11.3 Å². The van der Waals surface area contributed by atoms with Crippen LogP contribution in [0.25, 0.3) is 17.2 Å². The first-order valence-corrected chi connectivity index (χ1v) is 14.1. The van der Waals surface area contributed by atoms with Crippen molar-refractivity contribution in [1.82, 2.24) is 4.90 Å². The summed E-state index contributed by atoms with van der Waals surface area (Å²) in [7, 11) is 0. The van der Waals surface area contributed by atoms with E-state index in [4.69, 9.17) is 0 Å². The molecule has 1 amide bonds. The number of piperidine rings is 1. The standard InChI is InChI=1S/C30H32N2O2S/c33-26-9-8-22(15-25(26)30-16-20-12-23(17-30)24(13-20)18-30)21-6-4-19(5-7-21)14-27-28(34)31-29(35-27)32-10-2-1-3-11-32/h4-9,14-15,20,23-24,33H,1-3,10-13,16-18H2/b27-14-. The summed E-state index contributed by atoms with van der Waals surface area (Å²) in [6.07, 6.45) is 12.2. The maximum Gasteiger partial charge on any atom is 0.286 e. The minimum Gasteiger partial charge on any atom is -0.508 e. The van der Waals surface area contributed by atoms with E-state index in [9.17, 15) is 9.90 Å². The zero-order valence-electron chi connectivity index (χ0n) is 20.1. The summed E-state index contributed by atoms with van der Waals surface area (Å²) < 4.78 is 0. The second kappa shape index (κ2) is 8.26. The number of carbonyl (C=O) groups excluding carboxylic acids is 1. The molecule has 4 saturated carbocycles. The van der Waals surface area contributed by atoms with Crippen LogP contribution in [0.4, 0.5) is 0 Å². The van der Waals surface area contributed by atoms with Crippen molar-refractivity contribution in [3.05, 3.63) is 58.5 Å². The predicted octanol–water partition coefficient (Wildman–Crippen LogP) is 6.59. The third-order valence-corrected chi connectivity index (χ3v) is 10.3. The van der Waals surface area contributed by atoms with Crippen LogP contribution < -0.4 is 0 Å². The van der Waals surface area contributed by atoms with Crippen molar-refractivity contribution in [3.63, 3.8) is 0 Å². The number of likely N-dealkylation sites (tertiary alicyclic amines) is 1. The second-order valence-corrected chi connectivity index (χ2v) is 12.5. The molecular weight excluding hydrogens is 452 g/mol. The molecule has 2 unspecified atom stereocenters. The summed E-state index contributed by atoms with van der Waals surface area (Å²) in [5.41, 5.74) is 4.69. The first kappa shape index (κ1) is 21.7. The zero-order chi connectivity index (χ0) is 23.6. The van der Waals surface area contributed by atoms with E-state index < -0.39 is 0 Å². The SMILES string of the molecule is O=C1N=C(N2CCCCC2)S/C1=C\c1ccc(-c2ccc(O)c(C34CC5CC(C3)C(C5)C4)c2)cc1. The molecule has 180 valence electrons. The van der Waals surface area contributed by atoms with Gasteiger partial charge in [0.25, 0.3) is 5.91 Å². The Labute approximate surface area is 211 Å². The van der Waals surface area contributed by atoms with Crippen molar-refractivity contribution >= 4 is 28.9 Å². The molecule has 5 fully saturated rings. The van der Waals surface area contributed by atoms with Gasteiger partial charge in [0, 0.05) is 18.7 Å². The summed E-state index contributed by atoms with van der Waals surface area (Å²) in [5.74, 6) is 2.96. The van der Waals surface area contributed by atoms with Gasteiger partial charge < -0.3 is 10.0 Å². The van der Waals surface area contributed by atoms with Gasteiger partial charge in [-0.15, -0.1) is 0 Å². The molecule has 6 aliphatic rings. The molecule has 35 heavy (non-hydrogen) atoms. The Morgan fingerprint density at radius 2 is 1.66 bits per heavy atom. The lowest BCUT2D eigenvalue weighted by molar-refractivity contribution is -0.113. The molecule has 2 aromatic carbocycles. The zero-order valence-corrected chi connectivity index (χ0v) is 20.9. The number of benzene rings is 2. The van der Waals surface area contributed by atoms with E-state index in [1.165, 1.54) is 68.7 Å². The minimum absolute atomic E-state index is 0.123. The highest BCUT2D eigenvalue weighted by molar-refractivity contribution is 8.18. The number of rotatable bonds is 3. The van der Waals surface area contributed by atoms with E-state index in [2.05, 4.69) is 40.2 Å². The number of hydrogen-bond donors (Lipinski definition) is 1. The molecule has 0 radical (unpaired) electrons. The Kier molecular flexibility index (Phi) is 5.13. The van der Waals surface area contributed by atoms with Gasteiger partial charge in [-0.25, -0.2) is 0 Å². The van der Waals surface area contributed by atoms with Crippen molar-refractivity contribution in [3.8, 4) is 16.9 Å². The number of amides is 1. The molecule has 2 heterocycles. The van der Waals surface area contributed by atoms with Crippen molar-refractivity contribution in [2.45, 2.75) is 56.8 Å². The van der Waals surface area contributed by atoms with Crippen LogP contribution in [-0.2, 0) is 10.2 Å². The number of aliphatic imine (C=N–C) groups is 1. The number of phenolic OH excluding ortho intramolecular Hbond substituents is 1. The fourth-order valence-corrected chi connectivity index (χ4v) is 8.79. The molecular formula is C30H32N2O2S. The van der Waals surface area contributed by atoms with Gasteiger partial charge in [-0.2, -0.15) is 4.99 Å². The van der Waals surface area contributed by atoms with Gasteiger partial charge in [0.15, 0.2) is 5.17 Å². The largest absolute Gasteiger partial charge is 0.508 e. The van der Waals surface area contributed by atoms with E-state index in [1.807, 2.05) is 18.2 Å². The molecule has 2 aliphatic heterocycles. The molecule has 2 atom stereocenters. The third-order valence-electron chi connectivity index (χ3n) is 9.27. The molecule has 2 aromatic rings. The Balaban J connectivity index is 1.11. The quantitative estimate of drug-likeness (QED) is 0.499. The Bertz CT molecular complexity index is 1220. The molecule has 0 spiro atoms. The molecule has 5 heteroatoms. The molecule has 4 aliphatic carbocycles. The van der Waals surface area contributed by atoms with Crippen LogP contribution in [0.1, 0.15) is 62.5 Å². The molecule has 1 saturated heterocycles. The summed E-state index contributed by atoms with van der Waals surface area (Å²) in [6.45, 7) is 2.00. The summed E-state index contributed by atoms with van der Waals surface area (Å²) >= 11 is 1.51. The molecule has 4 nitrogen and oxygen atoms in total. The summed E-state index contributed by atoms with van der Waals surface area (Å²) in [4.78, 5) is 19.8. The van der Waals surface area contributed by atoms with Crippen LogP contribution in [0.2, 0.25) is 0 Å². The molecule has 8 rings (SSSR count). The van der Waals surface area contributed by atoms with E-state index in [0.29, 0.717) is 10.7 Å². The van der Waals surface area contributed by atoms with Gasteiger partial charge in [0.2, 0.25) is 0 Å². The number of nitrogens with zero attached hydrogens (tertiary/aromatic N) is 2. The lowest BCUT2D eigenvalue weighted by Crippen LogP contribution is -2.33. The molecule has 1 N–H and O–H groups in total. The predicted molar refractivity (Wildman–Crippen MR) is 142 cm³/mol. The maximum atomic E-state index is 12.5. The van der Waals surface area contributed by atoms with Gasteiger partial charge in [0.1, 0.15) is 5.75 Å². The summed E-state index contributed by atoms with van der Waals surface area (Å²) in [5, 5.41) is 11.7. The van der Waals surface area contributed by atoms with Crippen LogP contribution in [0, 0.1) is 17.8 Å². The smallest absolute Gasteiger partial charge is 0.286 e. The monoisotopic (exact) mass is 484 g/mol. The Hall–Kier alpha value is -2.53. The van der Waals surface area contributed by atoms with E-state index in [0.717, 1.165) is 52.7 Å². The van der Waals surface area contributed by atoms with E-state index >= 15 is 0 Å². The van der Waals surface area contributed by atoms with E-state index in [1.54, 1.807) is 0 Å². The Morgan fingerprint density at radius 1 is 0.943 bits per heavy atom. The summed E-state index contributed by atoms with van der Waals surface area (Å²) in [6, 6.07) is 14.6. The van der Waals surface area contributed by atoms with Crippen molar-refractivity contribution < 1.29 is 9.90 Å². The number of thioether (sulfide) groups is 1. The Morgan fingerprint density at radius 3 is 2.37 bits per heavy atom. The second-order valence-electron chi connectivity index (χ2n) is 11.5. The van der Waals surface area contributed by atoms with Crippen LogP contribution in [0.15, 0.2) is 52.4 Å². The normalized spacial score (nSPS) is 32.6. The molecule has 0 aromatic heterocycles. The van der Waals surface area contributed by atoms with Gasteiger partial charge in [-0.3, -0.25) is 4.79 Å². The van der Waals surface area contributed by atoms with Crippen LogP contribution >= 0.6 is 11.8 Å². The minimum atomic E-state index is -0.123. The maximum absolute atomic E-state index is 12.5. The van der Waals surface area contributed by atoms with Gasteiger partial charge in [-0.05, 0) is 121 Å². The van der Waals surface area contributed by atoms with Crippen LogP contribution in [0.5, 0.6) is 5.75 Å². The van der Waals surface area contributed by atoms with Gasteiger partial charge in [-0.1, -0.05) is 30.3 Å². The average Bonchev–Trinajstić information content (AvgIpc) is 3.47. The van der Waals surface area contributed by atoms with Crippen molar-refractivity contribution in [1.29, 1.82) is 0 Å². The van der Waals surface area contributed by atoms with Crippen molar-refractivity contribution in [2.75, 3.05) is 13.1 Å². The molecule has 4 bridgehead atoms. The fraction of sp³-hybridized carbons (Fsp3) is 0.467. The number of phenols is 1. The lowest BCUT2D eigenvalue weighted by atomic mass is 9.65. The third kappa shape index (κ3) is 3.74. The van der Waals surface area contributed by atoms with Crippen LogP contribution in [-0.4, -0.2) is 34.2 Å². The highest BCUT2D eigenvalue weighted by atomic mass is 32.2. The van der Waals surface area contributed by atoms with Gasteiger partial charge >= 0.3 is 0 Å². The number of aromatic hydroxyl groups is 1. The van der Waals surface area contributed by atoms with Crippen molar-refractivity contribution in [2.24, 2.45) is 22.7 Å². The van der Waals surface area contributed by atoms with Gasteiger partial charge in [0.05, 0.1) is 4.91 Å². The first-order valence-electron chi connectivity index (χ1n) is 13.3. The van der Waals surface area contributed by atoms with Crippen LogP contribution in [0.3, 0.4) is 0 Å².